The number of pyridine rings is 1. The number of amides is 1. The van der Waals surface area contributed by atoms with Crippen LogP contribution >= 0.6 is 15.9 Å². The standard InChI is InChI=1S/C14H14BrN3O/c1-18(2)11-6-3-5-10(9-11)14(19)17-13-12(15)7-4-8-16-13/h3-9H,1-2H3,(H,16,17,19). The molecule has 0 aliphatic rings. The summed E-state index contributed by atoms with van der Waals surface area (Å²) in [5.74, 6) is 0.339. The summed E-state index contributed by atoms with van der Waals surface area (Å²) >= 11 is 3.35. The lowest BCUT2D eigenvalue weighted by Crippen LogP contribution is -2.15. The van der Waals surface area contributed by atoms with Crippen LogP contribution in [0.5, 0.6) is 0 Å². The molecular weight excluding hydrogens is 306 g/mol. The fourth-order valence-corrected chi connectivity index (χ4v) is 1.94. The Bertz CT molecular complexity index is 599. The van der Waals surface area contributed by atoms with E-state index in [2.05, 4.69) is 26.2 Å². The molecule has 0 unspecified atom stereocenters. The van der Waals surface area contributed by atoms with Crippen molar-refractivity contribution < 1.29 is 4.79 Å². The van der Waals surface area contributed by atoms with Crippen LogP contribution in [0, 0.1) is 0 Å². The van der Waals surface area contributed by atoms with Crippen molar-refractivity contribution in [3.63, 3.8) is 0 Å². The van der Waals surface area contributed by atoms with Gasteiger partial charge in [0.2, 0.25) is 0 Å². The van der Waals surface area contributed by atoms with E-state index in [1.165, 1.54) is 0 Å². The summed E-state index contributed by atoms with van der Waals surface area (Å²) in [5, 5.41) is 2.78. The number of carbonyl (C=O) groups excluding carboxylic acids is 1. The first-order chi connectivity index (χ1) is 9.08. The second kappa shape index (κ2) is 5.84. The van der Waals surface area contributed by atoms with Crippen LogP contribution in [-0.4, -0.2) is 25.0 Å². The van der Waals surface area contributed by atoms with E-state index in [1.807, 2.05) is 43.3 Å². The molecule has 1 aromatic heterocycles. The Morgan fingerprint density at radius 1 is 1.26 bits per heavy atom. The first-order valence-corrected chi connectivity index (χ1v) is 6.56. The fraction of sp³-hybridized carbons (Fsp3) is 0.143. The highest BCUT2D eigenvalue weighted by atomic mass is 79.9. The Kier molecular flexibility index (Phi) is 4.16. The molecule has 0 bridgehead atoms. The summed E-state index contributed by atoms with van der Waals surface area (Å²) in [4.78, 5) is 18.2. The molecule has 1 amide bonds. The Morgan fingerprint density at radius 3 is 2.74 bits per heavy atom. The molecule has 0 aliphatic carbocycles. The molecule has 2 aromatic rings. The molecule has 0 fully saturated rings. The van der Waals surface area contributed by atoms with Gasteiger partial charge >= 0.3 is 0 Å². The van der Waals surface area contributed by atoms with Crippen molar-refractivity contribution in [1.82, 2.24) is 4.98 Å². The van der Waals surface area contributed by atoms with E-state index >= 15 is 0 Å². The normalized spacial score (nSPS) is 10.1. The van der Waals surface area contributed by atoms with E-state index < -0.39 is 0 Å². The van der Waals surface area contributed by atoms with Gasteiger partial charge in [-0.15, -0.1) is 0 Å². The van der Waals surface area contributed by atoms with Crippen molar-refractivity contribution >= 4 is 33.3 Å². The van der Waals surface area contributed by atoms with Crippen LogP contribution in [0.25, 0.3) is 0 Å². The lowest BCUT2D eigenvalue weighted by atomic mass is 10.2. The predicted molar refractivity (Wildman–Crippen MR) is 80.7 cm³/mol. The zero-order valence-corrected chi connectivity index (χ0v) is 12.3. The summed E-state index contributed by atoms with van der Waals surface area (Å²) in [5.41, 5.74) is 1.58. The van der Waals surface area contributed by atoms with Crippen molar-refractivity contribution in [2.75, 3.05) is 24.3 Å². The summed E-state index contributed by atoms with van der Waals surface area (Å²) in [6, 6.07) is 11.1. The van der Waals surface area contributed by atoms with Gasteiger partial charge in [0.05, 0.1) is 4.47 Å². The number of halogens is 1. The first-order valence-electron chi connectivity index (χ1n) is 5.77. The first kappa shape index (κ1) is 13.5. The molecule has 19 heavy (non-hydrogen) atoms. The largest absolute Gasteiger partial charge is 0.378 e. The molecule has 1 heterocycles. The minimum Gasteiger partial charge on any atom is -0.378 e. The third-order valence-corrected chi connectivity index (χ3v) is 3.26. The summed E-state index contributed by atoms with van der Waals surface area (Å²) in [6.45, 7) is 0. The number of anilines is 2. The molecule has 0 radical (unpaired) electrons. The molecule has 4 nitrogen and oxygen atoms in total. The van der Waals surface area contributed by atoms with Gasteiger partial charge in [-0.2, -0.15) is 0 Å². The quantitative estimate of drug-likeness (QED) is 0.945. The third kappa shape index (κ3) is 3.32. The van der Waals surface area contributed by atoms with Gasteiger partial charge in [-0.25, -0.2) is 4.98 Å². The highest BCUT2D eigenvalue weighted by Gasteiger charge is 2.09. The number of benzene rings is 1. The number of hydrogen-bond donors (Lipinski definition) is 1. The van der Waals surface area contributed by atoms with Crippen molar-refractivity contribution in [3.05, 3.63) is 52.6 Å². The zero-order chi connectivity index (χ0) is 13.8. The molecular formula is C14H14BrN3O. The second-order valence-electron chi connectivity index (χ2n) is 4.23. The smallest absolute Gasteiger partial charge is 0.256 e. The van der Waals surface area contributed by atoms with Gasteiger partial charge < -0.3 is 10.2 Å². The summed E-state index contributed by atoms with van der Waals surface area (Å²) < 4.78 is 0.757. The molecule has 98 valence electrons. The van der Waals surface area contributed by atoms with Crippen LogP contribution in [-0.2, 0) is 0 Å². The lowest BCUT2D eigenvalue weighted by molar-refractivity contribution is 0.102. The summed E-state index contributed by atoms with van der Waals surface area (Å²) in [7, 11) is 3.87. The molecule has 0 aliphatic heterocycles. The maximum Gasteiger partial charge on any atom is 0.256 e. The minimum atomic E-state index is -0.178. The maximum absolute atomic E-state index is 12.2. The van der Waals surface area contributed by atoms with Gasteiger partial charge in [0.25, 0.3) is 5.91 Å². The van der Waals surface area contributed by atoms with Crippen molar-refractivity contribution in [1.29, 1.82) is 0 Å². The van der Waals surface area contributed by atoms with Crippen LogP contribution in [0.1, 0.15) is 10.4 Å². The maximum atomic E-state index is 12.2. The highest BCUT2D eigenvalue weighted by molar-refractivity contribution is 9.10. The van der Waals surface area contributed by atoms with E-state index in [0.29, 0.717) is 11.4 Å². The van der Waals surface area contributed by atoms with E-state index in [-0.39, 0.29) is 5.91 Å². The molecule has 1 N–H and O–H groups in total. The molecule has 0 saturated heterocycles. The van der Waals surface area contributed by atoms with Gasteiger partial charge in [-0.3, -0.25) is 4.79 Å². The van der Waals surface area contributed by atoms with E-state index in [4.69, 9.17) is 0 Å². The number of hydrogen-bond acceptors (Lipinski definition) is 3. The number of rotatable bonds is 3. The number of aromatic nitrogens is 1. The van der Waals surface area contributed by atoms with E-state index in [1.54, 1.807) is 18.3 Å². The van der Waals surface area contributed by atoms with Gasteiger partial charge in [-0.1, -0.05) is 6.07 Å². The highest BCUT2D eigenvalue weighted by Crippen LogP contribution is 2.20. The number of carbonyl (C=O) groups is 1. The van der Waals surface area contributed by atoms with Crippen molar-refractivity contribution in [2.45, 2.75) is 0 Å². The third-order valence-electron chi connectivity index (χ3n) is 2.62. The predicted octanol–water partition coefficient (Wildman–Crippen LogP) is 3.16. The van der Waals surface area contributed by atoms with Crippen LogP contribution in [0.2, 0.25) is 0 Å². The molecule has 1 aromatic carbocycles. The molecule has 5 heteroatoms. The van der Waals surface area contributed by atoms with Gasteiger partial charge in [0.1, 0.15) is 5.82 Å². The Balaban J connectivity index is 2.21. The zero-order valence-electron chi connectivity index (χ0n) is 10.7. The fourth-order valence-electron chi connectivity index (χ4n) is 1.58. The van der Waals surface area contributed by atoms with E-state index in [0.717, 1.165) is 10.2 Å². The Morgan fingerprint density at radius 2 is 2.05 bits per heavy atom. The molecule has 0 atom stereocenters. The number of nitrogens with zero attached hydrogens (tertiary/aromatic N) is 2. The topological polar surface area (TPSA) is 45.2 Å². The van der Waals surface area contributed by atoms with Gasteiger partial charge in [-0.05, 0) is 46.3 Å². The van der Waals surface area contributed by atoms with Crippen LogP contribution in [0.3, 0.4) is 0 Å². The molecule has 0 saturated carbocycles. The molecule has 2 rings (SSSR count). The Labute approximate surface area is 120 Å². The van der Waals surface area contributed by atoms with Crippen LogP contribution < -0.4 is 10.2 Å². The average molecular weight is 320 g/mol. The lowest BCUT2D eigenvalue weighted by Gasteiger charge is -2.13. The summed E-state index contributed by atoms with van der Waals surface area (Å²) in [6.07, 6.45) is 1.64. The monoisotopic (exact) mass is 319 g/mol. The van der Waals surface area contributed by atoms with Crippen LogP contribution in [0.15, 0.2) is 47.1 Å². The van der Waals surface area contributed by atoms with Crippen molar-refractivity contribution in [3.8, 4) is 0 Å². The second-order valence-corrected chi connectivity index (χ2v) is 5.09. The Hall–Kier alpha value is -1.88. The van der Waals surface area contributed by atoms with Gasteiger partial charge in [0.15, 0.2) is 0 Å². The average Bonchev–Trinajstić information content (AvgIpc) is 2.41. The van der Waals surface area contributed by atoms with Crippen molar-refractivity contribution in [2.24, 2.45) is 0 Å². The minimum absolute atomic E-state index is 0.178. The SMILES string of the molecule is CN(C)c1cccc(C(=O)Nc2ncccc2Br)c1. The van der Waals surface area contributed by atoms with Crippen LogP contribution in [0.4, 0.5) is 11.5 Å². The number of nitrogens with one attached hydrogen (secondary N) is 1. The van der Waals surface area contributed by atoms with E-state index in [9.17, 15) is 4.79 Å². The van der Waals surface area contributed by atoms with Gasteiger partial charge in [0, 0.05) is 31.5 Å². The molecule has 0 spiro atoms.